The van der Waals surface area contributed by atoms with E-state index in [2.05, 4.69) is 53.5 Å². The van der Waals surface area contributed by atoms with Gasteiger partial charge in [0.15, 0.2) is 0 Å². The van der Waals surface area contributed by atoms with Gasteiger partial charge in [0.1, 0.15) is 12.4 Å². The van der Waals surface area contributed by atoms with Gasteiger partial charge in [0.25, 0.3) is 0 Å². The van der Waals surface area contributed by atoms with Crippen LogP contribution < -0.4 is 10.1 Å². The molecule has 0 aromatic heterocycles. The third-order valence-corrected chi connectivity index (χ3v) is 4.31. The average Bonchev–Trinajstić information content (AvgIpc) is 2.61. The second kappa shape index (κ2) is 10.6. The van der Waals surface area contributed by atoms with Gasteiger partial charge in [-0.15, -0.1) is 24.8 Å². The van der Waals surface area contributed by atoms with Crippen LogP contribution in [-0.4, -0.2) is 31.1 Å². The number of rotatable bonds is 5. The van der Waals surface area contributed by atoms with Crippen LogP contribution in [0.15, 0.2) is 54.6 Å². The molecule has 0 spiro atoms. The molecule has 5 heteroatoms. The van der Waals surface area contributed by atoms with Crippen molar-refractivity contribution >= 4 is 24.8 Å². The van der Waals surface area contributed by atoms with Gasteiger partial charge >= 0.3 is 0 Å². The van der Waals surface area contributed by atoms with Crippen molar-refractivity contribution in [1.82, 2.24) is 10.2 Å². The van der Waals surface area contributed by atoms with Crippen LogP contribution in [0, 0.1) is 0 Å². The lowest BCUT2D eigenvalue weighted by Crippen LogP contribution is -2.44. The molecule has 0 amide bonds. The molecule has 3 nitrogen and oxygen atoms in total. The van der Waals surface area contributed by atoms with Gasteiger partial charge in [-0.05, 0) is 30.2 Å². The summed E-state index contributed by atoms with van der Waals surface area (Å²) in [7, 11) is 0. The number of ether oxygens (including phenoxy) is 1. The zero-order valence-electron chi connectivity index (χ0n) is 14.0. The van der Waals surface area contributed by atoms with Gasteiger partial charge in [0.2, 0.25) is 0 Å². The first-order valence-electron chi connectivity index (χ1n) is 8.04. The average molecular weight is 369 g/mol. The number of piperazine rings is 1. The van der Waals surface area contributed by atoms with Crippen LogP contribution >= 0.6 is 24.8 Å². The van der Waals surface area contributed by atoms with Crippen LogP contribution in [0.3, 0.4) is 0 Å². The molecule has 2 aromatic rings. The minimum atomic E-state index is 0. The number of hydrogen-bond acceptors (Lipinski definition) is 3. The molecule has 0 bridgehead atoms. The molecule has 2 aromatic carbocycles. The second-order valence-electron chi connectivity index (χ2n) is 5.81. The maximum Gasteiger partial charge on any atom is 0.119 e. The number of nitrogens with one attached hydrogen (secondary N) is 1. The number of halogens is 2. The predicted octanol–water partition coefficient (Wildman–Crippen LogP) is 4.08. The summed E-state index contributed by atoms with van der Waals surface area (Å²) in [4.78, 5) is 2.52. The van der Waals surface area contributed by atoms with E-state index < -0.39 is 0 Å². The quantitative estimate of drug-likeness (QED) is 0.860. The second-order valence-corrected chi connectivity index (χ2v) is 5.81. The summed E-state index contributed by atoms with van der Waals surface area (Å²) < 4.78 is 5.85. The van der Waals surface area contributed by atoms with E-state index in [1.807, 2.05) is 18.2 Å². The Morgan fingerprint density at radius 2 is 1.58 bits per heavy atom. The largest absolute Gasteiger partial charge is 0.489 e. The highest BCUT2D eigenvalue weighted by molar-refractivity contribution is 5.85. The van der Waals surface area contributed by atoms with Crippen molar-refractivity contribution in [2.75, 3.05) is 26.2 Å². The Labute approximate surface area is 157 Å². The van der Waals surface area contributed by atoms with Crippen molar-refractivity contribution in [1.29, 1.82) is 0 Å². The molecule has 0 unspecified atom stereocenters. The Morgan fingerprint density at radius 3 is 2.21 bits per heavy atom. The van der Waals surface area contributed by atoms with Crippen LogP contribution in [0.2, 0.25) is 0 Å². The third kappa shape index (κ3) is 5.67. The predicted molar refractivity (Wildman–Crippen MR) is 105 cm³/mol. The molecular weight excluding hydrogens is 343 g/mol. The van der Waals surface area contributed by atoms with E-state index in [4.69, 9.17) is 4.74 Å². The van der Waals surface area contributed by atoms with Crippen LogP contribution in [0.4, 0.5) is 0 Å². The first-order chi connectivity index (χ1) is 10.8. The van der Waals surface area contributed by atoms with Crippen molar-refractivity contribution in [3.63, 3.8) is 0 Å². The summed E-state index contributed by atoms with van der Waals surface area (Å²) in [6, 6.07) is 19.3. The molecule has 1 aliphatic rings. The molecule has 24 heavy (non-hydrogen) atoms. The van der Waals surface area contributed by atoms with E-state index in [1.165, 1.54) is 11.1 Å². The summed E-state index contributed by atoms with van der Waals surface area (Å²) in [5.74, 6) is 0.931. The zero-order valence-corrected chi connectivity index (χ0v) is 15.6. The molecule has 1 N–H and O–H groups in total. The maximum absolute atomic E-state index is 5.85. The topological polar surface area (TPSA) is 24.5 Å². The molecule has 1 heterocycles. The lowest BCUT2D eigenvalue weighted by molar-refractivity contribution is 0.185. The SMILES string of the molecule is C[C@@H](c1ccc(OCc2ccccc2)cc1)N1CCNCC1.Cl.Cl. The number of benzene rings is 2. The molecule has 132 valence electrons. The highest BCUT2D eigenvalue weighted by Crippen LogP contribution is 2.23. The van der Waals surface area contributed by atoms with E-state index in [9.17, 15) is 0 Å². The Hall–Kier alpha value is -1.26. The van der Waals surface area contributed by atoms with Crippen LogP contribution in [0.25, 0.3) is 0 Å². The maximum atomic E-state index is 5.85. The lowest BCUT2D eigenvalue weighted by Gasteiger charge is -2.33. The minimum absolute atomic E-state index is 0. The molecule has 1 fully saturated rings. The number of nitrogens with zero attached hydrogens (tertiary/aromatic N) is 1. The highest BCUT2D eigenvalue weighted by Gasteiger charge is 2.17. The molecule has 3 rings (SSSR count). The summed E-state index contributed by atoms with van der Waals surface area (Å²) in [5, 5.41) is 3.40. The monoisotopic (exact) mass is 368 g/mol. The summed E-state index contributed by atoms with van der Waals surface area (Å²) >= 11 is 0. The van der Waals surface area contributed by atoms with Gasteiger partial charge < -0.3 is 10.1 Å². The van der Waals surface area contributed by atoms with Gasteiger partial charge in [-0.3, -0.25) is 4.90 Å². The fourth-order valence-electron chi connectivity index (χ4n) is 2.86. The van der Waals surface area contributed by atoms with Crippen LogP contribution in [-0.2, 0) is 6.61 Å². The van der Waals surface area contributed by atoms with Crippen molar-refractivity contribution < 1.29 is 4.74 Å². The van der Waals surface area contributed by atoms with Gasteiger partial charge in [-0.1, -0.05) is 42.5 Å². The number of hydrogen-bond donors (Lipinski definition) is 1. The minimum Gasteiger partial charge on any atom is -0.489 e. The van der Waals surface area contributed by atoms with E-state index in [-0.39, 0.29) is 24.8 Å². The zero-order chi connectivity index (χ0) is 15.2. The molecule has 0 radical (unpaired) electrons. The highest BCUT2D eigenvalue weighted by atomic mass is 35.5. The Bertz CT molecular complexity index is 572. The van der Waals surface area contributed by atoms with E-state index >= 15 is 0 Å². The first kappa shape index (κ1) is 20.8. The van der Waals surface area contributed by atoms with Gasteiger partial charge in [-0.25, -0.2) is 0 Å². The van der Waals surface area contributed by atoms with E-state index in [0.717, 1.165) is 31.9 Å². The van der Waals surface area contributed by atoms with Crippen LogP contribution in [0.1, 0.15) is 24.1 Å². The Balaban J connectivity index is 0.00000144. The fourth-order valence-corrected chi connectivity index (χ4v) is 2.86. The molecule has 0 saturated carbocycles. The molecular formula is C19H26Cl2N2O. The van der Waals surface area contributed by atoms with Gasteiger partial charge in [0.05, 0.1) is 0 Å². The van der Waals surface area contributed by atoms with Crippen LogP contribution in [0.5, 0.6) is 5.75 Å². The van der Waals surface area contributed by atoms with Crippen molar-refractivity contribution in [3.8, 4) is 5.75 Å². The van der Waals surface area contributed by atoms with Crippen molar-refractivity contribution in [2.45, 2.75) is 19.6 Å². The molecule has 1 aliphatic heterocycles. The molecule has 0 aliphatic carbocycles. The molecule has 1 atom stereocenters. The molecule has 1 saturated heterocycles. The van der Waals surface area contributed by atoms with Gasteiger partial charge in [0, 0.05) is 32.2 Å². The van der Waals surface area contributed by atoms with Crippen molar-refractivity contribution in [3.05, 3.63) is 65.7 Å². The van der Waals surface area contributed by atoms with E-state index in [1.54, 1.807) is 0 Å². The normalized spacial score (nSPS) is 15.7. The summed E-state index contributed by atoms with van der Waals surface area (Å²) in [5.41, 5.74) is 2.55. The Kier molecular flexibility index (Phi) is 9.16. The summed E-state index contributed by atoms with van der Waals surface area (Å²) in [6.07, 6.45) is 0. The fraction of sp³-hybridized carbons (Fsp3) is 0.368. The standard InChI is InChI=1S/C19H24N2O.2ClH/c1-16(21-13-11-20-12-14-21)18-7-9-19(10-8-18)22-15-17-5-3-2-4-6-17;;/h2-10,16,20H,11-15H2,1H3;2*1H/t16-;;/m0../s1. The summed E-state index contributed by atoms with van der Waals surface area (Å²) in [6.45, 7) is 7.31. The smallest absolute Gasteiger partial charge is 0.119 e. The third-order valence-electron chi connectivity index (χ3n) is 4.31. The van der Waals surface area contributed by atoms with Gasteiger partial charge in [-0.2, -0.15) is 0 Å². The van der Waals surface area contributed by atoms with Crippen molar-refractivity contribution in [2.24, 2.45) is 0 Å². The lowest BCUT2D eigenvalue weighted by atomic mass is 10.1. The van der Waals surface area contributed by atoms with E-state index in [0.29, 0.717) is 12.6 Å². The first-order valence-corrected chi connectivity index (χ1v) is 8.04. The Morgan fingerprint density at radius 1 is 0.958 bits per heavy atom.